The maximum absolute atomic E-state index is 10.4. The van der Waals surface area contributed by atoms with Crippen LogP contribution in [-0.4, -0.2) is 65.5 Å². The first kappa shape index (κ1) is 18.5. The van der Waals surface area contributed by atoms with E-state index in [0.717, 1.165) is 18.6 Å². The Kier molecular flexibility index (Phi) is 5.32. The van der Waals surface area contributed by atoms with Crippen LogP contribution in [0.4, 0.5) is 11.8 Å². The lowest BCUT2D eigenvalue weighted by Gasteiger charge is -2.18. The van der Waals surface area contributed by atoms with Crippen molar-refractivity contribution in [3.63, 3.8) is 0 Å². The molecule has 11 nitrogen and oxygen atoms in total. The molecule has 0 bridgehead atoms. The van der Waals surface area contributed by atoms with Gasteiger partial charge < -0.3 is 25.8 Å². The molecule has 1 fully saturated rings. The lowest BCUT2D eigenvalue weighted by Crippen LogP contribution is -2.33. The van der Waals surface area contributed by atoms with Crippen molar-refractivity contribution in [2.24, 2.45) is 5.10 Å². The molecule has 0 spiro atoms. The molecule has 1 saturated heterocycles. The third kappa shape index (κ3) is 3.21. The standard InChI is InChI=1S/C15H23N7O4/c1-3-4-7(2)20-21-15-19-9-12(16)17-6-18-13(9)22(15)14-11(25)10(24)8(5-23)26-14/h6,8,10-11,14,23-25H,3-5H2,1-2H3,(H,19,21)(H2,16,17,18). The van der Waals surface area contributed by atoms with Crippen molar-refractivity contribution < 1.29 is 20.1 Å². The number of aromatic nitrogens is 4. The van der Waals surface area contributed by atoms with Gasteiger partial charge in [0.05, 0.1) is 6.61 Å². The Morgan fingerprint density at radius 2 is 2.15 bits per heavy atom. The molecule has 3 heterocycles. The van der Waals surface area contributed by atoms with Crippen LogP contribution in [0.5, 0.6) is 0 Å². The third-order valence-corrected chi connectivity index (χ3v) is 4.24. The minimum Gasteiger partial charge on any atom is -0.394 e. The summed E-state index contributed by atoms with van der Waals surface area (Å²) in [6.45, 7) is 3.49. The van der Waals surface area contributed by atoms with Crippen molar-refractivity contribution in [3.8, 4) is 0 Å². The SMILES string of the molecule is CCCC(C)=NNc1nc2c(N)ncnc2n1C1OC(CO)C(O)C1O. The summed E-state index contributed by atoms with van der Waals surface area (Å²) in [6.07, 6.45) is -1.46. The van der Waals surface area contributed by atoms with Crippen molar-refractivity contribution in [2.75, 3.05) is 17.8 Å². The van der Waals surface area contributed by atoms with E-state index in [-0.39, 0.29) is 11.8 Å². The number of nitrogens with zero attached hydrogens (tertiary/aromatic N) is 5. The molecule has 0 aromatic carbocycles. The van der Waals surface area contributed by atoms with Crippen molar-refractivity contribution >= 4 is 28.6 Å². The van der Waals surface area contributed by atoms with Gasteiger partial charge in [0.15, 0.2) is 23.2 Å². The monoisotopic (exact) mass is 365 g/mol. The van der Waals surface area contributed by atoms with Crippen LogP contribution in [-0.2, 0) is 4.74 Å². The number of nitrogen functional groups attached to an aromatic ring is 1. The van der Waals surface area contributed by atoms with E-state index >= 15 is 0 Å². The Balaban J connectivity index is 2.06. The minimum absolute atomic E-state index is 0.165. The van der Waals surface area contributed by atoms with Gasteiger partial charge >= 0.3 is 0 Å². The van der Waals surface area contributed by atoms with Crippen LogP contribution in [0, 0.1) is 0 Å². The number of nitrogens with one attached hydrogen (secondary N) is 1. The van der Waals surface area contributed by atoms with Crippen LogP contribution in [0.25, 0.3) is 11.2 Å². The molecule has 3 rings (SSSR count). The van der Waals surface area contributed by atoms with E-state index in [1.807, 2.05) is 13.8 Å². The first-order chi connectivity index (χ1) is 12.5. The highest BCUT2D eigenvalue weighted by Crippen LogP contribution is 2.35. The number of nitrogens with two attached hydrogens (primary N) is 1. The Morgan fingerprint density at radius 1 is 1.38 bits per heavy atom. The van der Waals surface area contributed by atoms with Crippen LogP contribution in [0.15, 0.2) is 11.4 Å². The molecule has 1 aliphatic rings. The number of anilines is 2. The highest BCUT2D eigenvalue weighted by Gasteiger charge is 2.45. The van der Waals surface area contributed by atoms with Crippen molar-refractivity contribution in [2.45, 2.75) is 51.2 Å². The average Bonchev–Trinajstić information content (AvgIpc) is 3.12. The largest absolute Gasteiger partial charge is 0.394 e. The molecule has 6 N–H and O–H groups in total. The maximum atomic E-state index is 10.4. The quantitative estimate of drug-likeness (QED) is 0.338. The molecule has 26 heavy (non-hydrogen) atoms. The second kappa shape index (κ2) is 7.50. The molecular weight excluding hydrogens is 342 g/mol. The molecular formula is C15H23N7O4. The Bertz CT molecular complexity index is 809. The fraction of sp³-hybridized carbons (Fsp3) is 0.600. The summed E-state index contributed by atoms with van der Waals surface area (Å²) in [5, 5.41) is 34.0. The zero-order chi connectivity index (χ0) is 18.8. The number of hydrazone groups is 1. The zero-order valence-electron chi connectivity index (χ0n) is 14.6. The second-order valence-electron chi connectivity index (χ2n) is 6.17. The van der Waals surface area contributed by atoms with Gasteiger partial charge in [-0.1, -0.05) is 13.3 Å². The first-order valence-corrected chi connectivity index (χ1v) is 8.38. The van der Waals surface area contributed by atoms with Gasteiger partial charge in [-0.3, -0.25) is 4.57 Å². The first-order valence-electron chi connectivity index (χ1n) is 8.38. The highest BCUT2D eigenvalue weighted by atomic mass is 16.6. The van der Waals surface area contributed by atoms with Gasteiger partial charge in [-0.05, 0) is 13.3 Å². The van der Waals surface area contributed by atoms with Crippen LogP contribution < -0.4 is 11.2 Å². The van der Waals surface area contributed by atoms with E-state index in [1.54, 1.807) is 0 Å². The number of ether oxygens (including phenoxy) is 1. The van der Waals surface area contributed by atoms with Gasteiger partial charge in [-0.2, -0.15) is 5.10 Å². The number of hydrogen-bond donors (Lipinski definition) is 5. The predicted octanol–water partition coefficient (Wildman–Crippen LogP) is -0.392. The fourth-order valence-corrected chi connectivity index (χ4v) is 2.90. The lowest BCUT2D eigenvalue weighted by molar-refractivity contribution is -0.0501. The van der Waals surface area contributed by atoms with Gasteiger partial charge in [-0.25, -0.2) is 20.4 Å². The maximum Gasteiger partial charge on any atom is 0.228 e. The van der Waals surface area contributed by atoms with Crippen molar-refractivity contribution in [1.29, 1.82) is 0 Å². The molecule has 4 atom stereocenters. The normalized spacial score (nSPS) is 26.6. The summed E-state index contributed by atoms with van der Waals surface area (Å²) in [7, 11) is 0. The average molecular weight is 365 g/mol. The molecule has 0 radical (unpaired) electrons. The van der Waals surface area contributed by atoms with Crippen LogP contribution in [0.3, 0.4) is 0 Å². The molecule has 1 aliphatic heterocycles. The van der Waals surface area contributed by atoms with Crippen LogP contribution in [0.1, 0.15) is 32.9 Å². The topological polar surface area (TPSA) is 164 Å². The molecule has 11 heteroatoms. The molecule has 142 valence electrons. The summed E-state index contributed by atoms with van der Waals surface area (Å²) < 4.78 is 7.06. The Morgan fingerprint density at radius 3 is 2.81 bits per heavy atom. The molecule has 2 aromatic heterocycles. The third-order valence-electron chi connectivity index (χ3n) is 4.24. The lowest BCUT2D eigenvalue weighted by atomic mass is 10.1. The molecule has 4 unspecified atom stereocenters. The summed E-state index contributed by atoms with van der Waals surface area (Å²) in [5.41, 5.74) is 10.2. The summed E-state index contributed by atoms with van der Waals surface area (Å²) in [6, 6.07) is 0. The molecule has 0 saturated carbocycles. The van der Waals surface area contributed by atoms with Gasteiger partial charge in [0, 0.05) is 5.71 Å². The molecule has 0 amide bonds. The van der Waals surface area contributed by atoms with Gasteiger partial charge in [-0.15, -0.1) is 0 Å². The number of aliphatic hydroxyl groups is 3. The highest BCUT2D eigenvalue weighted by molar-refractivity contribution is 5.85. The van der Waals surface area contributed by atoms with Crippen molar-refractivity contribution in [3.05, 3.63) is 6.33 Å². The number of aliphatic hydroxyl groups excluding tert-OH is 3. The smallest absolute Gasteiger partial charge is 0.228 e. The minimum atomic E-state index is -1.29. The summed E-state index contributed by atoms with van der Waals surface area (Å²) in [5.74, 6) is 0.398. The van der Waals surface area contributed by atoms with E-state index in [9.17, 15) is 15.3 Å². The van der Waals surface area contributed by atoms with Gasteiger partial charge in [0.1, 0.15) is 24.6 Å². The van der Waals surface area contributed by atoms with E-state index in [1.165, 1.54) is 10.9 Å². The molecule has 0 aliphatic carbocycles. The number of hydrogen-bond acceptors (Lipinski definition) is 10. The van der Waals surface area contributed by atoms with Gasteiger partial charge in [0.2, 0.25) is 5.95 Å². The Hall–Kier alpha value is -2.34. The fourth-order valence-electron chi connectivity index (χ4n) is 2.90. The van der Waals surface area contributed by atoms with Crippen LogP contribution in [0.2, 0.25) is 0 Å². The number of imidazole rings is 1. The number of rotatable bonds is 6. The Labute approximate surface area is 149 Å². The second-order valence-corrected chi connectivity index (χ2v) is 6.17. The van der Waals surface area contributed by atoms with E-state index in [2.05, 4.69) is 25.5 Å². The molecule has 2 aromatic rings. The summed E-state index contributed by atoms with van der Waals surface area (Å²) in [4.78, 5) is 12.4. The zero-order valence-corrected chi connectivity index (χ0v) is 14.6. The van der Waals surface area contributed by atoms with E-state index in [0.29, 0.717) is 11.2 Å². The van der Waals surface area contributed by atoms with Crippen LogP contribution >= 0.6 is 0 Å². The van der Waals surface area contributed by atoms with Gasteiger partial charge in [0.25, 0.3) is 0 Å². The van der Waals surface area contributed by atoms with E-state index < -0.39 is 31.1 Å². The summed E-state index contributed by atoms with van der Waals surface area (Å²) >= 11 is 0. The van der Waals surface area contributed by atoms with E-state index in [4.69, 9.17) is 10.5 Å². The predicted molar refractivity (Wildman–Crippen MR) is 94.4 cm³/mol. The number of fused-ring (bicyclic) bond motifs is 1. The van der Waals surface area contributed by atoms with Crippen molar-refractivity contribution in [1.82, 2.24) is 19.5 Å².